The molecule has 0 spiro atoms. The summed E-state index contributed by atoms with van der Waals surface area (Å²) in [5.74, 6) is -0.297. The van der Waals surface area contributed by atoms with E-state index in [9.17, 15) is 22.9 Å². The molecule has 27 heavy (non-hydrogen) atoms. The number of phenols is 1. The van der Waals surface area contributed by atoms with Crippen molar-refractivity contribution in [2.45, 2.75) is 11.8 Å². The average Bonchev–Trinajstić information content (AvgIpc) is 2.62. The summed E-state index contributed by atoms with van der Waals surface area (Å²) in [4.78, 5) is 13.4. The minimum Gasteiger partial charge on any atom is -0.507 e. The van der Waals surface area contributed by atoms with Gasteiger partial charge in [0.15, 0.2) is 0 Å². The van der Waals surface area contributed by atoms with Gasteiger partial charge in [0, 0.05) is 11.5 Å². The van der Waals surface area contributed by atoms with Gasteiger partial charge in [0.25, 0.3) is 10.1 Å². The lowest BCUT2D eigenvalue weighted by molar-refractivity contribution is 0.162. The van der Waals surface area contributed by atoms with Gasteiger partial charge in [-0.25, -0.2) is 9.69 Å². The maximum atomic E-state index is 12.5. The van der Waals surface area contributed by atoms with Crippen molar-refractivity contribution in [3.8, 4) is 5.75 Å². The summed E-state index contributed by atoms with van der Waals surface area (Å²) in [6, 6.07) is 15.7. The molecule has 0 unspecified atom stereocenters. The molecular formula is C19H17NO6S. The highest BCUT2D eigenvalue weighted by molar-refractivity contribution is 7.85. The van der Waals surface area contributed by atoms with Crippen LogP contribution in [0.15, 0.2) is 65.6 Å². The van der Waals surface area contributed by atoms with E-state index in [-0.39, 0.29) is 12.4 Å². The fourth-order valence-electron chi connectivity index (χ4n) is 2.72. The summed E-state index contributed by atoms with van der Waals surface area (Å²) in [6.45, 7) is 1.88. The molecule has 0 saturated heterocycles. The van der Waals surface area contributed by atoms with Crippen molar-refractivity contribution < 1.29 is 27.6 Å². The van der Waals surface area contributed by atoms with E-state index in [1.54, 1.807) is 43.3 Å². The van der Waals surface area contributed by atoms with E-state index in [0.717, 1.165) is 6.07 Å². The molecule has 0 bridgehead atoms. The van der Waals surface area contributed by atoms with E-state index in [4.69, 9.17) is 4.74 Å². The number of aromatic hydroxyl groups is 1. The third-order valence-electron chi connectivity index (χ3n) is 3.91. The second kappa shape index (κ2) is 7.26. The zero-order valence-electron chi connectivity index (χ0n) is 14.4. The molecule has 0 atom stereocenters. The summed E-state index contributed by atoms with van der Waals surface area (Å²) < 4.78 is 37.2. The zero-order valence-corrected chi connectivity index (χ0v) is 15.2. The number of ether oxygens (including phenoxy) is 1. The highest BCUT2D eigenvalue weighted by Crippen LogP contribution is 2.34. The number of benzene rings is 3. The van der Waals surface area contributed by atoms with Crippen molar-refractivity contribution in [1.82, 2.24) is 0 Å². The van der Waals surface area contributed by atoms with Gasteiger partial charge in [-0.1, -0.05) is 18.2 Å². The molecule has 140 valence electrons. The Kier molecular flexibility index (Phi) is 5.02. The topological polar surface area (TPSA) is 104 Å². The van der Waals surface area contributed by atoms with Gasteiger partial charge in [-0.05, 0) is 48.7 Å². The lowest BCUT2D eigenvalue weighted by Gasteiger charge is -2.22. The first-order valence-corrected chi connectivity index (χ1v) is 9.51. The molecule has 2 N–H and O–H groups in total. The normalized spacial score (nSPS) is 11.3. The molecule has 3 rings (SSSR count). The maximum Gasteiger partial charge on any atom is 0.418 e. The monoisotopic (exact) mass is 387 g/mol. The van der Waals surface area contributed by atoms with Gasteiger partial charge < -0.3 is 9.84 Å². The molecule has 0 heterocycles. The number of phenolic OH excluding ortho intramolecular Hbond substituents is 1. The molecule has 3 aromatic carbocycles. The van der Waals surface area contributed by atoms with E-state index in [1.807, 2.05) is 6.07 Å². The third-order valence-corrected chi connectivity index (χ3v) is 4.74. The van der Waals surface area contributed by atoms with Crippen LogP contribution in [0, 0.1) is 0 Å². The second-order valence-electron chi connectivity index (χ2n) is 5.69. The van der Waals surface area contributed by atoms with Crippen molar-refractivity contribution in [1.29, 1.82) is 0 Å². The number of hydrogen-bond donors (Lipinski definition) is 2. The van der Waals surface area contributed by atoms with Crippen LogP contribution in [0.5, 0.6) is 5.75 Å². The molecule has 0 aliphatic heterocycles. The number of amides is 1. The quantitative estimate of drug-likeness (QED) is 0.654. The van der Waals surface area contributed by atoms with Crippen LogP contribution in [-0.2, 0) is 14.9 Å². The number of nitrogens with zero attached hydrogens (tertiary/aromatic N) is 1. The van der Waals surface area contributed by atoms with E-state index in [2.05, 4.69) is 0 Å². The van der Waals surface area contributed by atoms with Gasteiger partial charge >= 0.3 is 6.09 Å². The van der Waals surface area contributed by atoms with Crippen LogP contribution in [0.2, 0.25) is 0 Å². The molecule has 0 aromatic heterocycles. The van der Waals surface area contributed by atoms with E-state index in [1.165, 1.54) is 17.0 Å². The van der Waals surface area contributed by atoms with Crippen molar-refractivity contribution >= 4 is 38.4 Å². The minimum atomic E-state index is -4.49. The maximum absolute atomic E-state index is 12.5. The number of carbonyl (C=O) groups excluding carboxylic acids is 1. The molecule has 8 heteroatoms. The summed E-state index contributed by atoms with van der Waals surface area (Å²) in [7, 11) is -4.49. The zero-order chi connectivity index (χ0) is 19.6. The van der Waals surface area contributed by atoms with Gasteiger partial charge in [0.1, 0.15) is 5.75 Å². The number of para-hydroxylation sites is 1. The van der Waals surface area contributed by atoms with Crippen LogP contribution >= 0.6 is 0 Å². The minimum absolute atomic E-state index is 0.184. The van der Waals surface area contributed by atoms with Gasteiger partial charge in [-0.2, -0.15) is 8.42 Å². The number of carbonyl (C=O) groups is 1. The summed E-state index contributed by atoms with van der Waals surface area (Å²) >= 11 is 0. The summed E-state index contributed by atoms with van der Waals surface area (Å²) in [6.07, 6.45) is -0.599. The van der Waals surface area contributed by atoms with E-state index in [0.29, 0.717) is 22.1 Å². The van der Waals surface area contributed by atoms with Crippen LogP contribution in [0.3, 0.4) is 0 Å². The van der Waals surface area contributed by atoms with Crippen LogP contribution in [0.4, 0.5) is 16.2 Å². The molecular weight excluding hydrogens is 370 g/mol. The Morgan fingerprint density at radius 1 is 1.04 bits per heavy atom. The van der Waals surface area contributed by atoms with E-state index < -0.39 is 21.1 Å². The lowest BCUT2D eigenvalue weighted by atomic mass is 10.1. The van der Waals surface area contributed by atoms with Gasteiger partial charge in [0.05, 0.1) is 22.9 Å². The van der Waals surface area contributed by atoms with Crippen molar-refractivity contribution in [2.75, 3.05) is 11.5 Å². The molecule has 1 amide bonds. The highest BCUT2D eigenvalue weighted by Gasteiger charge is 2.20. The van der Waals surface area contributed by atoms with Crippen LogP contribution < -0.4 is 4.90 Å². The first-order chi connectivity index (χ1) is 12.8. The largest absolute Gasteiger partial charge is 0.507 e. The molecule has 0 aliphatic carbocycles. The Labute approximate surface area is 156 Å². The predicted molar refractivity (Wildman–Crippen MR) is 101 cm³/mol. The SMILES string of the molecule is CCOC(=O)N(c1ccccc1)c1ccc2c(O)cc(S(=O)(=O)O)cc2c1. The van der Waals surface area contributed by atoms with Crippen LogP contribution in [-0.4, -0.2) is 30.8 Å². The number of anilines is 2. The van der Waals surface area contributed by atoms with E-state index >= 15 is 0 Å². The fraction of sp³-hybridized carbons (Fsp3) is 0.105. The van der Waals surface area contributed by atoms with Crippen molar-refractivity contribution in [3.63, 3.8) is 0 Å². The van der Waals surface area contributed by atoms with Gasteiger partial charge in [-0.3, -0.25) is 4.55 Å². The molecule has 0 fully saturated rings. The molecule has 0 radical (unpaired) electrons. The smallest absolute Gasteiger partial charge is 0.418 e. The Bertz CT molecular complexity index is 1100. The van der Waals surface area contributed by atoms with Crippen molar-refractivity contribution in [2.24, 2.45) is 0 Å². The Morgan fingerprint density at radius 3 is 2.37 bits per heavy atom. The molecule has 0 aliphatic rings. The van der Waals surface area contributed by atoms with Crippen molar-refractivity contribution in [3.05, 3.63) is 60.7 Å². The first-order valence-electron chi connectivity index (χ1n) is 8.07. The third kappa shape index (κ3) is 3.86. The molecule has 0 saturated carbocycles. The lowest BCUT2D eigenvalue weighted by Crippen LogP contribution is -2.26. The van der Waals surface area contributed by atoms with Gasteiger partial charge in [0.2, 0.25) is 0 Å². The number of rotatable bonds is 4. The predicted octanol–water partition coefficient (Wildman–Crippen LogP) is 4.09. The number of fused-ring (bicyclic) bond motifs is 1. The summed E-state index contributed by atoms with van der Waals surface area (Å²) in [5.41, 5.74) is 0.976. The summed E-state index contributed by atoms with van der Waals surface area (Å²) in [5, 5.41) is 10.8. The van der Waals surface area contributed by atoms with Gasteiger partial charge in [-0.15, -0.1) is 0 Å². The number of hydrogen-bond acceptors (Lipinski definition) is 5. The Balaban J connectivity index is 2.19. The van der Waals surface area contributed by atoms with Crippen LogP contribution in [0.25, 0.3) is 10.8 Å². The standard InChI is InChI=1S/C19H17NO6S/c1-2-26-19(22)20(14-6-4-3-5-7-14)15-8-9-17-13(10-15)11-16(12-18(17)21)27(23,24)25/h3-12,21H,2H2,1H3,(H,23,24,25). The average molecular weight is 387 g/mol. The van der Waals surface area contributed by atoms with Crippen LogP contribution in [0.1, 0.15) is 6.92 Å². The fourth-order valence-corrected chi connectivity index (χ4v) is 3.26. The molecule has 7 nitrogen and oxygen atoms in total. The Morgan fingerprint density at radius 2 is 1.74 bits per heavy atom. The highest BCUT2D eigenvalue weighted by atomic mass is 32.2. The Hall–Kier alpha value is -3.10. The molecule has 3 aromatic rings. The second-order valence-corrected chi connectivity index (χ2v) is 7.11. The first kappa shape index (κ1) is 18.7.